The lowest BCUT2D eigenvalue weighted by atomic mass is 9.99. The van der Waals surface area contributed by atoms with Crippen LogP contribution in [0.15, 0.2) is 12.2 Å². The van der Waals surface area contributed by atoms with Gasteiger partial charge in [-0.15, -0.1) is 0 Å². The van der Waals surface area contributed by atoms with Crippen molar-refractivity contribution >= 4 is 11.9 Å². The van der Waals surface area contributed by atoms with Gasteiger partial charge in [0.2, 0.25) is 5.91 Å². The summed E-state index contributed by atoms with van der Waals surface area (Å²) in [6.45, 7) is 10.1. The van der Waals surface area contributed by atoms with E-state index in [9.17, 15) is 9.59 Å². The second kappa shape index (κ2) is 8.04. The smallest absolute Gasteiger partial charge is 0.304 e. The number of carbonyl (C=O) groups excluding carboxylic acids is 1. The van der Waals surface area contributed by atoms with Gasteiger partial charge in [-0.1, -0.05) is 18.6 Å². The van der Waals surface area contributed by atoms with E-state index in [1.54, 1.807) is 4.90 Å². The number of carboxylic acids is 1. The molecule has 114 valence electrons. The minimum atomic E-state index is -0.788. The predicted molar refractivity (Wildman–Crippen MR) is 78.5 cm³/mol. The van der Waals surface area contributed by atoms with Crippen LogP contribution in [-0.4, -0.2) is 59.0 Å². The second-order valence-electron chi connectivity index (χ2n) is 5.58. The zero-order valence-corrected chi connectivity index (χ0v) is 12.6. The minimum absolute atomic E-state index is 0.00580. The maximum absolute atomic E-state index is 12.3. The highest BCUT2D eigenvalue weighted by Crippen LogP contribution is 2.19. The van der Waals surface area contributed by atoms with Crippen molar-refractivity contribution in [3.8, 4) is 0 Å². The fourth-order valence-corrected chi connectivity index (χ4v) is 2.68. The molecule has 1 aliphatic heterocycles. The molecule has 0 aromatic carbocycles. The number of piperidine rings is 1. The summed E-state index contributed by atoms with van der Waals surface area (Å²) in [6, 6.07) is -0.00580. The molecule has 1 aliphatic rings. The molecule has 20 heavy (non-hydrogen) atoms. The summed E-state index contributed by atoms with van der Waals surface area (Å²) in [6.07, 6.45) is 3.08. The maximum Gasteiger partial charge on any atom is 0.304 e. The zero-order chi connectivity index (χ0) is 15.1. The zero-order valence-electron chi connectivity index (χ0n) is 12.6. The van der Waals surface area contributed by atoms with E-state index in [1.807, 2.05) is 18.7 Å². The van der Waals surface area contributed by atoms with E-state index < -0.39 is 5.97 Å². The molecule has 1 amide bonds. The average molecular weight is 282 g/mol. The molecule has 1 atom stereocenters. The molecule has 1 saturated heterocycles. The Morgan fingerprint density at radius 1 is 1.40 bits per heavy atom. The first kappa shape index (κ1) is 16.7. The van der Waals surface area contributed by atoms with E-state index in [0.29, 0.717) is 19.6 Å². The predicted octanol–water partition coefficient (Wildman–Crippen LogP) is 1.74. The molecule has 0 aliphatic carbocycles. The SMILES string of the molecule is C=C(C)CN(CC)C(=O)CN1CCCCC1CC(=O)O. The van der Waals surface area contributed by atoms with Gasteiger partial charge in [0.1, 0.15) is 0 Å². The first-order chi connectivity index (χ1) is 9.43. The largest absolute Gasteiger partial charge is 0.481 e. The third-order valence-electron chi connectivity index (χ3n) is 3.69. The third kappa shape index (κ3) is 5.33. The molecule has 1 unspecified atom stereocenters. The van der Waals surface area contributed by atoms with Crippen LogP contribution in [0.2, 0.25) is 0 Å². The van der Waals surface area contributed by atoms with Crippen molar-refractivity contribution in [2.24, 2.45) is 0 Å². The van der Waals surface area contributed by atoms with E-state index in [4.69, 9.17) is 5.11 Å². The van der Waals surface area contributed by atoms with Crippen LogP contribution in [0.4, 0.5) is 0 Å². The van der Waals surface area contributed by atoms with Gasteiger partial charge in [-0.3, -0.25) is 14.5 Å². The molecule has 5 nitrogen and oxygen atoms in total. The number of aliphatic carboxylic acids is 1. The summed E-state index contributed by atoms with van der Waals surface area (Å²) < 4.78 is 0. The molecule has 1 fully saturated rings. The number of nitrogens with zero attached hydrogens (tertiary/aromatic N) is 2. The number of rotatable bonds is 7. The van der Waals surface area contributed by atoms with Crippen LogP contribution < -0.4 is 0 Å². The number of amides is 1. The van der Waals surface area contributed by atoms with Crippen LogP contribution in [0.3, 0.4) is 0 Å². The van der Waals surface area contributed by atoms with Crippen LogP contribution >= 0.6 is 0 Å². The Morgan fingerprint density at radius 3 is 2.65 bits per heavy atom. The van der Waals surface area contributed by atoms with Gasteiger partial charge in [0, 0.05) is 19.1 Å². The van der Waals surface area contributed by atoms with Crippen molar-refractivity contribution in [2.45, 2.75) is 45.6 Å². The number of carboxylic acid groups (broad SMARTS) is 1. The van der Waals surface area contributed by atoms with Crippen LogP contribution in [-0.2, 0) is 9.59 Å². The lowest BCUT2D eigenvalue weighted by Gasteiger charge is -2.35. The fraction of sp³-hybridized carbons (Fsp3) is 0.733. The van der Waals surface area contributed by atoms with E-state index in [0.717, 1.165) is 31.4 Å². The number of likely N-dealkylation sites (tertiary alicyclic amines) is 1. The topological polar surface area (TPSA) is 60.9 Å². The van der Waals surface area contributed by atoms with Crippen molar-refractivity contribution in [3.63, 3.8) is 0 Å². The highest BCUT2D eigenvalue weighted by Gasteiger charge is 2.27. The van der Waals surface area contributed by atoms with Crippen molar-refractivity contribution in [1.82, 2.24) is 9.80 Å². The minimum Gasteiger partial charge on any atom is -0.481 e. The van der Waals surface area contributed by atoms with Crippen molar-refractivity contribution in [2.75, 3.05) is 26.2 Å². The van der Waals surface area contributed by atoms with Gasteiger partial charge in [-0.25, -0.2) is 0 Å². The van der Waals surface area contributed by atoms with Crippen LogP contribution in [0.5, 0.6) is 0 Å². The first-order valence-electron chi connectivity index (χ1n) is 7.32. The number of hydrogen-bond donors (Lipinski definition) is 1. The van der Waals surface area contributed by atoms with E-state index in [1.165, 1.54) is 0 Å². The lowest BCUT2D eigenvalue weighted by Crippen LogP contribution is -2.47. The second-order valence-corrected chi connectivity index (χ2v) is 5.58. The summed E-state index contributed by atoms with van der Waals surface area (Å²) in [4.78, 5) is 27.0. The molecule has 0 bridgehead atoms. The summed E-state index contributed by atoms with van der Waals surface area (Å²) in [5.41, 5.74) is 0.959. The van der Waals surface area contributed by atoms with Gasteiger partial charge in [0.25, 0.3) is 0 Å². The van der Waals surface area contributed by atoms with Gasteiger partial charge in [0.15, 0.2) is 0 Å². The molecule has 5 heteroatoms. The van der Waals surface area contributed by atoms with Crippen LogP contribution in [0, 0.1) is 0 Å². The molecular formula is C15H26N2O3. The van der Waals surface area contributed by atoms with Gasteiger partial charge in [0.05, 0.1) is 13.0 Å². The quantitative estimate of drug-likeness (QED) is 0.723. The van der Waals surface area contributed by atoms with Crippen LogP contribution in [0.1, 0.15) is 39.5 Å². The van der Waals surface area contributed by atoms with Gasteiger partial charge in [-0.2, -0.15) is 0 Å². The molecule has 1 N–H and O–H groups in total. The van der Waals surface area contributed by atoms with Gasteiger partial charge in [-0.05, 0) is 33.2 Å². The molecule has 0 aromatic rings. The first-order valence-corrected chi connectivity index (χ1v) is 7.32. The standard InChI is InChI=1S/C15H26N2O3/c1-4-16(10-12(2)3)14(18)11-17-8-6-5-7-13(17)9-15(19)20/h13H,2,4-11H2,1,3H3,(H,19,20). The van der Waals surface area contributed by atoms with Crippen LogP contribution in [0.25, 0.3) is 0 Å². The highest BCUT2D eigenvalue weighted by atomic mass is 16.4. The normalized spacial score (nSPS) is 19.6. The Kier molecular flexibility index (Phi) is 6.71. The fourth-order valence-electron chi connectivity index (χ4n) is 2.68. The average Bonchev–Trinajstić information content (AvgIpc) is 2.37. The third-order valence-corrected chi connectivity index (χ3v) is 3.69. The summed E-state index contributed by atoms with van der Waals surface area (Å²) in [5.74, 6) is -0.726. The summed E-state index contributed by atoms with van der Waals surface area (Å²) in [7, 11) is 0. The Balaban J connectivity index is 2.60. The molecule has 0 spiro atoms. The summed E-state index contributed by atoms with van der Waals surface area (Å²) >= 11 is 0. The van der Waals surface area contributed by atoms with Crippen molar-refractivity contribution in [1.29, 1.82) is 0 Å². The van der Waals surface area contributed by atoms with Gasteiger partial charge < -0.3 is 10.0 Å². The van der Waals surface area contributed by atoms with E-state index >= 15 is 0 Å². The molecule has 0 aromatic heterocycles. The Labute approximate surface area is 121 Å². The van der Waals surface area contributed by atoms with E-state index in [-0.39, 0.29) is 18.4 Å². The lowest BCUT2D eigenvalue weighted by molar-refractivity contribution is -0.140. The maximum atomic E-state index is 12.3. The molecule has 1 heterocycles. The molecule has 1 rings (SSSR count). The van der Waals surface area contributed by atoms with Crippen molar-refractivity contribution in [3.05, 3.63) is 12.2 Å². The number of hydrogen-bond acceptors (Lipinski definition) is 3. The number of carbonyl (C=O) groups is 2. The Hall–Kier alpha value is -1.36. The van der Waals surface area contributed by atoms with Gasteiger partial charge >= 0.3 is 5.97 Å². The highest BCUT2D eigenvalue weighted by molar-refractivity contribution is 5.78. The monoisotopic (exact) mass is 282 g/mol. The van der Waals surface area contributed by atoms with E-state index in [2.05, 4.69) is 6.58 Å². The molecular weight excluding hydrogens is 256 g/mol. The Bertz CT molecular complexity index is 368. The molecule has 0 radical (unpaired) electrons. The summed E-state index contributed by atoms with van der Waals surface area (Å²) in [5, 5.41) is 8.96. The van der Waals surface area contributed by atoms with Crippen molar-refractivity contribution < 1.29 is 14.7 Å². The molecule has 0 saturated carbocycles. The number of likely N-dealkylation sites (N-methyl/N-ethyl adjacent to an activating group) is 1. The Morgan fingerprint density at radius 2 is 2.10 bits per heavy atom.